The molecule has 2 fully saturated rings. The van der Waals surface area contributed by atoms with Crippen LogP contribution in [0.4, 0.5) is 4.39 Å². The first-order chi connectivity index (χ1) is 14.3. The summed E-state index contributed by atoms with van der Waals surface area (Å²) in [4.78, 5) is 13.0. The molecule has 2 aromatic rings. The third kappa shape index (κ3) is 4.57. The van der Waals surface area contributed by atoms with Gasteiger partial charge in [0.25, 0.3) is 0 Å². The highest BCUT2D eigenvalue weighted by molar-refractivity contribution is 7.89. The summed E-state index contributed by atoms with van der Waals surface area (Å²) in [5, 5.41) is 3.23. The highest BCUT2D eigenvalue weighted by atomic mass is 32.2. The van der Waals surface area contributed by atoms with Gasteiger partial charge in [0.15, 0.2) is 0 Å². The summed E-state index contributed by atoms with van der Waals surface area (Å²) in [6, 6.07) is 13.2. The summed E-state index contributed by atoms with van der Waals surface area (Å²) in [5.41, 5.74) is 2.32. The number of nitrogens with one attached hydrogen (secondary N) is 1. The molecule has 1 N–H and O–H groups in total. The predicted octanol–water partition coefficient (Wildman–Crippen LogP) is 3.80. The van der Waals surface area contributed by atoms with Crippen molar-refractivity contribution in [3.05, 3.63) is 65.5 Å². The van der Waals surface area contributed by atoms with Crippen molar-refractivity contribution in [2.45, 2.75) is 43.5 Å². The molecule has 1 saturated carbocycles. The molecule has 1 heterocycles. The van der Waals surface area contributed by atoms with Gasteiger partial charge in [-0.25, -0.2) is 12.8 Å². The summed E-state index contributed by atoms with van der Waals surface area (Å²) in [6.07, 6.45) is 3.20. The van der Waals surface area contributed by atoms with Crippen LogP contribution in [0.2, 0.25) is 0 Å². The number of carbonyl (C=O) groups excluding carboxylic acids is 1. The van der Waals surface area contributed by atoms with E-state index in [4.69, 9.17) is 0 Å². The van der Waals surface area contributed by atoms with Crippen LogP contribution in [0.15, 0.2) is 53.4 Å². The SMILES string of the molecule is Cc1ccc(C(NC(=O)C2CCN(S(=O)(=O)c3ccc(F)cc3)CC2)C2CC2)cc1. The van der Waals surface area contributed by atoms with Crippen LogP contribution in [0, 0.1) is 24.6 Å². The lowest BCUT2D eigenvalue weighted by Gasteiger charge is -2.31. The van der Waals surface area contributed by atoms with Gasteiger partial charge >= 0.3 is 0 Å². The third-order valence-electron chi connectivity index (χ3n) is 6.10. The molecule has 2 aromatic carbocycles. The summed E-state index contributed by atoms with van der Waals surface area (Å²) >= 11 is 0. The molecule has 0 aromatic heterocycles. The molecule has 160 valence electrons. The Morgan fingerprint density at radius 2 is 1.60 bits per heavy atom. The first kappa shape index (κ1) is 21.0. The second kappa shape index (κ2) is 8.47. The fourth-order valence-corrected chi connectivity index (χ4v) is 5.53. The number of halogens is 1. The van der Waals surface area contributed by atoms with Crippen LogP contribution in [0.25, 0.3) is 0 Å². The number of benzene rings is 2. The summed E-state index contributed by atoms with van der Waals surface area (Å²) in [7, 11) is -3.67. The molecule has 1 aliphatic heterocycles. The maximum atomic E-state index is 13.1. The van der Waals surface area contributed by atoms with Crippen molar-refractivity contribution in [2.24, 2.45) is 11.8 Å². The first-order valence-electron chi connectivity index (χ1n) is 10.5. The molecule has 30 heavy (non-hydrogen) atoms. The Morgan fingerprint density at radius 3 is 2.17 bits per heavy atom. The van der Waals surface area contributed by atoms with E-state index in [1.165, 1.54) is 22.0 Å². The molecule has 7 heteroatoms. The van der Waals surface area contributed by atoms with Crippen molar-refractivity contribution < 1.29 is 17.6 Å². The average molecular weight is 431 g/mol. The van der Waals surface area contributed by atoms with E-state index in [0.717, 1.165) is 30.5 Å². The monoisotopic (exact) mass is 430 g/mol. The van der Waals surface area contributed by atoms with Gasteiger partial charge in [0.05, 0.1) is 10.9 Å². The van der Waals surface area contributed by atoms with Crippen molar-refractivity contribution in [1.29, 1.82) is 0 Å². The fourth-order valence-electron chi connectivity index (χ4n) is 4.06. The number of hydrogen-bond donors (Lipinski definition) is 1. The molecule has 4 rings (SSSR count). The third-order valence-corrected chi connectivity index (χ3v) is 8.02. The zero-order valence-corrected chi connectivity index (χ0v) is 17.9. The number of sulfonamides is 1. The van der Waals surface area contributed by atoms with E-state index in [1.54, 1.807) is 0 Å². The van der Waals surface area contributed by atoms with Gasteiger partial charge in [-0.1, -0.05) is 29.8 Å². The van der Waals surface area contributed by atoms with E-state index in [1.807, 2.05) is 6.92 Å². The molecule has 0 radical (unpaired) electrons. The summed E-state index contributed by atoms with van der Waals surface area (Å²) in [6.45, 7) is 2.62. The summed E-state index contributed by atoms with van der Waals surface area (Å²) < 4.78 is 40.0. The predicted molar refractivity (Wildman–Crippen MR) is 113 cm³/mol. The van der Waals surface area contributed by atoms with Crippen molar-refractivity contribution in [3.63, 3.8) is 0 Å². The fraction of sp³-hybridized carbons (Fsp3) is 0.435. The molecule has 1 atom stereocenters. The van der Waals surface area contributed by atoms with E-state index in [-0.39, 0.29) is 35.9 Å². The minimum atomic E-state index is -3.67. The van der Waals surface area contributed by atoms with E-state index < -0.39 is 15.8 Å². The van der Waals surface area contributed by atoms with Crippen molar-refractivity contribution >= 4 is 15.9 Å². The number of piperidine rings is 1. The molecule has 1 saturated heterocycles. The van der Waals surface area contributed by atoms with Crippen LogP contribution in [0.5, 0.6) is 0 Å². The Kier molecular flexibility index (Phi) is 5.93. The molecule has 1 unspecified atom stereocenters. The highest BCUT2D eigenvalue weighted by Crippen LogP contribution is 2.41. The zero-order valence-electron chi connectivity index (χ0n) is 17.1. The Hall–Kier alpha value is -2.25. The largest absolute Gasteiger partial charge is 0.349 e. The smallest absolute Gasteiger partial charge is 0.243 e. The second-order valence-corrected chi connectivity index (χ2v) is 10.3. The van der Waals surface area contributed by atoms with Crippen LogP contribution >= 0.6 is 0 Å². The lowest BCUT2D eigenvalue weighted by atomic mass is 9.95. The summed E-state index contributed by atoms with van der Waals surface area (Å²) in [5.74, 6) is -0.179. The van der Waals surface area contributed by atoms with Gasteiger partial charge < -0.3 is 5.32 Å². The molecular weight excluding hydrogens is 403 g/mol. The van der Waals surface area contributed by atoms with Crippen LogP contribution < -0.4 is 5.32 Å². The lowest BCUT2D eigenvalue weighted by molar-refractivity contribution is -0.127. The van der Waals surface area contributed by atoms with Gasteiger partial charge in [-0.2, -0.15) is 4.31 Å². The zero-order chi connectivity index (χ0) is 21.3. The Labute approximate surface area is 177 Å². The van der Waals surface area contributed by atoms with E-state index in [2.05, 4.69) is 29.6 Å². The Bertz CT molecular complexity index is 994. The van der Waals surface area contributed by atoms with E-state index >= 15 is 0 Å². The lowest BCUT2D eigenvalue weighted by Crippen LogP contribution is -2.43. The molecule has 0 spiro atoms. The van der Waals surface area contributed by atoms with Gasteiger partial charge in [-0.05, 0) is 68.4 Å². The number of aryl methyl sites for hydroxylation is 1. The number of hydrogen-bond acceptors (Lipinski definition) is 3. The van der Waals surface area contributed by atoms with Crippen molar-refractivity contribution in [2.75, 3.05) is 13.1 Å². The van der Waals surface area contributed by atoms with Gasteiger partial charge in [-0.3, -0.25) is 4.79 Å². The minimum Gasteiger partial charge on any atom is -0.349 e. The van der Waals surface area contributed by atoms with Crippen molar-refractivity contribution in [3.8, 4) is 0 Å². The average Bonchev–Trinajstić information content (AvgIpc) is 3.58. The number of amides is 1. The van der Waals surface area contributed by atoms with Crippen LogP contribution in [-0.2, 0) is 14.8 Å². The normalized spacial score (nSPS) is 19.4. The molecule has 0 bridgehead atoms. The van der Waals surface area contributed by atoms with Gasteiger partial charge in [0.2, 0.25) is 15.9 Å². The standard InChI is InChI=1S/C23H27FN2O3S/c1-16-2-4-17(5-3-16)22(18-6-7-18)25-23(27)19-12-14-26(15-13-19)30(28,29)21-10-8-20(24)9-11-21/h2-5,8-11,18-19,22H,6-7,12-15H2,1H3,(H,25,27). The Balaban J connectivity index is 1.38. The van der Waals surface area contributed by atoms with E-state index in [9.17, 15) is 17.6 Å². The highest BCUT2D eigenvalue weighted by Gasteiger charge is 2.36. The van der Waals surface area contributed by atoms with E-state index in [0.29, 0.717) is 18.8 Å². The molecule has 5 nitrogen and oxygen atoms in total. The second-order valence-electron chi connectivity index (χ2n) is 8.37. The van der Waals surface area contributed by atoms with Crippen LogP contribution in [0.3, 0.4) is 0 Å². The van der Waals surface area contributed by atoms with Crippen LogP contribution in [-0.4, -0.2) is 31.7 Å². The van der Waals surface area contributed by atoms with Gasteiger partial charge in [-0.15, -0.1) is 0 Å². The van der Waals surface area contributed by atoms with Gasteiger partial charge in [0, 0.05) is 19.0 Å². The quantitative estimate of drug-likeness (QED) is 0.758. The van der Waals surface area contributed by atoms with Gasteiger partial charge in [0.1, 0.15) is 5.82 Å². The van der Waals surface area contributed by atoms with Crippen molar-refractivity contribution in [1.82, 2.24) is 9.62 Å². The number of nitrogens with zero attached hydrogens (tertiary/aromatic N) is 1. The van der Waals surface area contributed by atoms with Crippen LogP contribution in [0.1, 0.15) is 42.9 Å². The number of rotatable bonds is 6. The number of carbonyl (C=O) groups is 1. The minimum absolute atomic E-state index is 0.00584. The molecule has 2 aliphatic rings. The maximum absolute atomic E-state index is 13.1. The molecule has 1 aliphatic carbocycles. The first-order valence-corrected chi connectivity index (χ1v) is 11.9. The topological polar surface area (TPSA) is 66.5 Å². The molecule has 1 amide bonds. The maximum Gasteiger partial charge on any atom is 0.243 e. The Morgan fingerprint density at radius 1 is 1.00 bits per heavy atom. The molecular formula is C23H27FN2O3S.